The zero-order chi connectivity index (χ0) is 5.15. The van der Waals surface area contributed by atoms with Crippen LogP contribution in [0.15, 0.2) is 10.6 Å². The third-order valence-corrected chi connectivity index (χ3v) is 0.571. The molecule has 0 radical (unpaired) electrons. The Labute approximate surface area is 43.4 Å². The van der Waals surface area contributed by atoms with E-state index < -0.39 is 10.6 Å². The average Bonchev–Trinajstić information content (AvgIpc) is 1.36. The van der Waals surface area contributed by atoms with Crippen molar-refractivity contribution in [2.24, 2.45) is 0 Å². The van der Waals surface area contributed by atoms with Crippen LogP contribution < -0.4 is 0 Å². The van der Waals surface area contributed by atoms with Crippen molar-refractivity contribution < 1.29 is 8.78 Å². The highest BCUT2D eigenvalue weighted by Gasteiger charge is 1.93. The van der Waals surface area contributed by atoms with Crippen LogP contribution in [0, 0.1) is 0 Å². The molecule has 0 saturated heterocycles. The van der Waals surface area contributed by atoms with Crippen molar-refractivity contribution in [3.8, 4) is 0 Å². The molecule has 0 aliphatic rings. The van der Waals surface area contributed by atoms with Crippen molar-refractivity contribution in [3.63, 3.8) is 0 Å². The molecule has 0 aliphatic heterocycles. The van der Waals surface area contributed by atoms with E-state index in [-0.39, 0.29) is 0 Å². The molecule has 0 rings (SSSR count). The molecule has 0 fully saturated rings. The molecule has 0 aromatic heterocycles. The summed E-state index contributed by atoms with van der Waals surface area (Å²) in [5, 5.41) is -3.01. The van der Waals surface area contributed by atoms with Crippen LogP contribution in [0.1, 0.15) is 0 Å². The second-order valence-corrected chi connectivity index (χ2v) is 1.18. The monoisotopic (exact) mass is 132 g/mol. The van der Waals surface area contributed by atoms with Crippen molar-refractivity contribution in [1.82, 2.24) is 0 Å². The van der Waals surface area contributed by atoms with E-state index >= 15 is 0 Å². The van der Waals surface area contributed by atoms with E-state index in [1.807, 2.05) is 0 Å². The highest BCUT2D eigenvalue weighted by atomic mass is 35.5. The lowest BCUT2D eigenvalue weighted by Crippen LogP contribution is -1.52. The first-order valence-corrected chi connectivity index (χ1v) is 1.76. The van der Waals surface area contributed by atoms with Crippen LogP contribution in [0.25, 0.3) is 0 Å². The summed E-state index contributed by atoms with van der Waals surface area (Å²) in [7, 11) is 0. The number of hydrogen-bond donors (Lipinski definition) is 0. The molecule has 0 spiro atoms. The summed E-state index contributed by atoms with van der Waals surface area (Å²) in [6.07, 6.45) is 0. The number of hydrogen-bond acceptors (Lipinski definition) is 0. The van der Waals surface area contributed by atoms with Gasteiger partial charge in [0, 0.05) is 0 Å². The van der Waals surface area contributed by atoms with Gasteiger partial charge in [0.05, 0.1) is 0 Å². The van der Waals surface area contributed by atoms with Gasteiger partial charge < -0.3 is 0 Å². The topological polar surface area (TPSA) is 0 Å². The maximum absolute atomic E-state index is 11.0. The van der Waals surface area contributed by atoms with E-state index in [1.54, 1.807) is 0 Å². The van der Waals surface area contributed by atoms with Crippen LogP contribution >= 0.6 is 23.2 Å². The minimum atomic E-state index is -1.50. The fourth-order valence-electron chi connectivity index (χ4n) is 0. The molecule has 36 valence electrons. The van der Waals surface area contributed by atoms with Crippen LogP contribution in [0.2, 0.25) is 0 Å². The van der Waals surface area contributed by atoms with Crippen LogP contribution in [-0.4, -0.2) is 0 Å². The second kappa shape index (κ2) is 2.37. The molecule has 4 heteroatoms. The van der Waals surface area contributed by atoms with Gasteiger partial charge in [0.1, 0.15) is 0 Å². The molecule has 0 aromatic rings. The SMILES string of the molecule is F/C(Cl)=C(\F)Cl. The summed E-state index contributed by atoms with van der Waals surface area (Å²) >= 11 is 8.64. The van der Waals surface area contributed by atoms with Crippen LogP contribution in [0.4, 0.5) is 8.78 Å². The van der Waals surface area contributed by atoms with Crippen molar-refractivity contribution in [1.29, 1.82) is 0 Å². The van der Waals surface area contributed by atoms with E-state index in [0.29, 0.717) is 0 Å². The van der Waals surface area contributed by atoms with Crippen molar-refractivity contribution in [2.45, 2.75) is 0 Å². The Balaban J connectivity index is 3.68. The summed E-state index contributed by atoms with van der Waals surface area (Å²) in [4.78, 5) is 0. The molecule has 0 bridgehead atoms. The Morgan fingerprint density at radius 3 is 1.17 bits per heavy atom. The van der Waals surface area contributed by atoms with Gasteiger partial charge in [-0.2, -0.15) is 8.78 Å². The van der Waals surface area contributed by atoms with E-state index in [4.69, 9.17) is 0 Å². The highest BCUT2D eigenvalue weighted by Crippen LogP contribution is 2.14. The maximum atomic E-state index is 11.0. The lowest BCUT2D eigenvalue weighted by Gasteiger charge is -1.72. The third-order valence-electron chi connectivity index (χ3n) is 0.143. The fraction of sp³-hybridized carbons (Fsp3) is 0. The number of halogens is 4. The summed E-state index contributed by atoms with van der Waals surface area (Å²) in [6, 6.07) is 0. The van der Waals surface area contributed by atoms with E-state index in [9.17, 15) is 8.78 Å². The molecule has 0 amide bonds. The molecule has 0 saturated carbocycles. The molecule has 0 aromatic carbocycles. The Hall–Kier alpha value is 0.180. The lowest BCUT2D eigenvalue weighted by molar-refractivity contribution is 0.609. The number of rotatable bonds is 0. The molecule has 0 heterocycles. The summed E-state index contributed by atoms with van der Waals surface area (Å²) in [5.74, 6) is 0. The first-order valence-electron chi connectivity index (χ1n) is 1.01. The van der Waals surface area contributed by atoms with Gasteiger partial charge in [0.25, 0.3) is 0 Å². The van der Waals surface area contributed by atoms with Gasteiger partial charge in [-0.1, -0.05) is 0 Å². The van der Waals surface area contributed by atoms with Gasteiger partial charge >= 0.3 is 0 Å². The largest absolute Gasteiger partial charge is 0.236 e. The zero-order valence-corrected chi connectivity index (χ0v) is 4.02. The molecule has 0 nitrogen and oxygen atoms in total. The fourth-order valence-corrected chi connectivity index (χ4v) is 0. The minimum absolute atomic E-state index is 1.50. The molecule has 0 atom stereocenters. The van der Waals surface area contributed by atoms with Crippen molar-refractivity contribution >= 4 is 23.2 Å². The quantitative estimate of drug-likeness (QED) is 0.476. The van der Waals surface area contributed by atoms with Gasteiger partial charge in [0.2, 0.25) is 10.6 Å². The zero-order valence-electron chi connectivity index (χ0n) is 2.51. The molecular formula is C2Cl2F2. The lowest BCUT2D eigenvalue weighted by atomic mass is 11.1. The Kier molecular flexibility index (Phi) is 2.44. The smallest absolute Gasteiger partial charge is 0.189 e. The third kappa shape index (κ3) is 2.42. The molecular weight excluding hydrogens is 133 g/mol. The normalized spacial score (nSPS) is 14.0. The summed E-state index contributed by atoms with van der Waals surface area (Å²) in [5.41, 5.74) is 0. The van der Waals surface area contributed by atoms with Gasteiger partial charge in [-0.3, -0.25) is 0 Å². The van der Waals surface area contributed by atoms with Gasteiger partial charge in [-0.15, -0.1) is 0 Å². The molecule has 0 aliphatic carbocycles. The van der Waals surface area contributed by atoms with Crippen molar-refractivity contribution in [3.05, 3.63) is 10.6 Å². The average molecular weight is 133 g/mol. The van der Waals surface area contributed by atoms with E-state index in [0.717, 1.165) is 0 Å². The second-order valence-electron chi connectivity index (χ2n) is 0.521. The van der Waals surface area contributed by atoms with Crippen LogP contribution in [0.3, 0.4) is 0 Å². The minimum Gasteiger partial charge on any atom is -0.189 e. The molecule has 0 N–H and O–H groups in total. The molecule has 6 heavy (non-hydrogen) atoms. The first kappa shape index (κ1) is 6.18. The molecule has 0 unspecified atom stereocenters. The maximum Gasteiger partial charge on any atom is 0.236 e. The van der Waals surface area contributed by atoms with Gasteiger partial charge in [0.15, 0.2) is 0 Å². The Morgan fingerprint density at radius 2 is 1.17 bits per heavy atom. The van der Waals surface area contributed by atoms with Crippen LogP contribution in [0.5, 0.6) is 0 Å². The van der Waals surface area contributed by atoms with Crippen molar-refractivity contribution in [2.75, 3.05) is 0 Å². The van der Waals surface area contributed by atoms with Gasteiger partial charge in [-0.25, -0.2) is 0 Å². The summed E-state index contributed by atoms with van der Waals surface area (Å²) in [6.45, 7) is 0. The predicted molar refractivity (Wildman–Crippen MR) is 20.9 cm³/mol. The first-order chi connectivity index (χ1) is 2.64. The summed E-state index contributed by atoms with van der Waals surface area (Å²) < 4.78 is 21.9. The van der Waals surface area contributed by atoms with E-state index in [1.165, 1.54) is 0 Å². The Morgan fingerprint density at radius 1 is 1.00 bits per heavy atom. The highest BCUT2D eigenvalue weighted by molar-refractivity contribution is 6.37. The predicted octanol–water partition coefficient (Wildman–Crippen LogP) is 2.53. The van der Waals surface area contributed by atoms with Gasteiger partial charge in [-0.05, 0) is 23.2 Å². The standard InChI is InChI=1S/C2Cl2F2/c3-1(5)2(4)6/b2-1-. The van der Waals surface area contributed by atoms with Crippen LogP contribution in [-0.2, 0) is 0 Å². The Bertz CT molecular complexity index is 59.6. The van der Waals surface area contributed by atoms with E-state index in [2.05, 4.69) is 23.2 Å².